The molecule has 1 aromatic heterocycles. The first-order valence-corrected chi connectivity index (χ1v) is 5.81. The van der Waals surface area contributed by atoms with E-state index in [0.717, 1.165) is 16.6 Å². The molecule has 0 bridgehead atoms. The highest BCUT2D eigenvalue weighted by Gasteiger charge is 2.21. The van der Waals surface area contributed by atoms with Crippen LogP contribution in [0.15, 0.2) is 24.3 Å². The number of hydrogen-bond donors (Lipinski definition) is 1. The van der Waals surface area contributed by atoms with E-state index in [1.54, 1.807) is 0 Å². The van der Waals surface area contributed by atoms with Gasteiger partial charge in [-0.15, -0.1) is 0 Å². The Morgan fingerprint density at radius 2 is 1.94 bits per heavy atom. The molecular weight excluding hydrogens is 232 g/mol. The van der Waals surface area contributed by atoms with Gasteiger partial charge in [0.25, 0.3) is 0 Å². The van der Waals surface area contributed by atoms with Crippen LogP contribution in [0, 0.1) is 0 Å². The van der Waals surface area contributed by atoms with Crippen molar-refractivity contribution >= 4 is 10.9 Å². The predicted octanol–water partition coefficient (Wildman–Crippen LogP) is 1.10. The molecule has 0 amide bonds. The summed E-state index contributed by atoms with van der Waals surface area (Å²) in [5.41, 5.74) is 1.89. The Hall–Kier alpha value is -1.43. The summed E-state index contributed by atoms with van der Waals surface area (Å²) in [5.74, 6) is 0. The van der Waals surface area contributed by atoms with Crippen molar-refractivity contribution in [2.75, 3.05) is 14.2 Å². The zero-order valence-corrected chi connectivity index (χ0v) is 10.8. The minimum atomic E-state index is -0.738. The van der Waals surface area contributed by atoms with E-state index in [-0.39, 0.29) is 0 Å². The van der Waals surface area contributed by atoms with E-state index in [1.165, 1.54) is 14.2 Å². The first kappa shape index (κ1) is 13.0. The van der Waals surface area contributed by atoms with Gasteiger partial charge in [-0.25, -0.2) is 0 Å². The lowest BCUT2D eigenvalue weighted by molar-refractivity contribution is -0.163. The fourth-order valence-corrected chi connectivity index (χ4v) is 2.14. The summed E-state index contributed by atoms with van der Waals surface area (Å²) in [4.78, 5) is 0. The molecular formula is C13H18N2O3. The fourth-order valence-electron chi connectivity index (χ4n) is 2.14. The summed E-state index contributed by atoms with van der Waals surface area (Å²) in [7, 11) is 4.91. The summed E-state index contributed by atoms with van der Waals surface area (Å²) >= 11 is 0. The Labute approximate surface area is 106 Å². The second-order valence-corrected chi connectivity index (χ2v) is 4.20. The van der Waals surface area contributed by atoms with Crippen LogP contribution in [0.5, 0.6) is 0 Å². The molecule has 1 heterocycles. The number of aromatic nitrogens is 2. The van der Waals surface area contributed by atoms with Gasteiger partial charge < -0.3 is 14.6 Å². The number of methoxy groups -OCH3 is 2. The summed E-state index contributed by atoms with van der Waals surface area (Å²) in [6, 6.07) is 7.93. The van der Waals surface area contributed by atoms with Gasteiger partial charge in [-0.05, 0) is 6.07 Å². The van der Waals surface area contributed by atoms with Crippen LogP contribution in [0.1, 0.15) is 5.69 Å². The molecule has 18 heavy (non-hydrogen) atoms. The number of aliphatic hydroxyl groups excluding tert-OH is 1. The van der Waals surface area contributed by atoms with Crippen molar-refractivity contribution in [2.45, 2.75) is 18.8 Å². The maximum absolute atomic E-state index is 10.0. The molecule has 1 unspecified atom stereocenters. The highest BCUT2D eigenvalue weighted by molar-refractivity contribution is 5.81. The van der Waals surface area contributed by atoms with Gasteiger partial charge >= 0.3 is 0 Å². The molecule has 0 aliphatic rings. The van der Waals surface area contributed by atoms with Crippen molar-refractivity contribution in [2.24, 2.45) is 7.05 Å². The van der Waals surface area contributed by atoms with E-state index in [2.05, 4.69) is 5.10 Å². The van der Waals surface area contributed by atoms with Crippen molar-refractivity contribution in [3.63, 3.8) is 0 Å². The van der Waals surface area contributed by atoms with Crippen molar-refractivity contribution in [3.05, 3.63) is 30.0 Å². The molecule has 1 atom stereocenters. The zero-order valence-electron chi connectivity index (χ0n) is 10.8. The molecule has 1 N–H and O–H groups in total. The smallest absolute Gasteiger partial charge is 0.183 e. The van der Waals surface area contributed by atoms with E-state index in [0.29, 0.717) is 6.42 Å². The Morgan fingerprint density at radius 1 is 1.28 bits per heavy atom. The molecule has 2 aromatic rings. The third kappa shape index (κ3) is 2.38. The topological polar surface area (TPSA) is 56.5 Å². The predicted molar refractivity (Wildman–Crippen MR) is 68.2 cm³/mol. The molecule has 5 heteroatoms. The number of rotatable bonds is 5. The summed E-state index contributed by atoms with van der Waals surface area (Å²) < 4.78 is 11.9. The molecule has 98 valence electrons. The molecule has 0 aliphatic heterocycles. The van der Waals surface area contributed by atoms with Crippen LogP contribution in [0.2, 0.25) is 0 Å². The average Bonchev–Trinajstić information content (AvgIpc) is 2.69. The lowest BCUT2D eigenvalue weighted by atomic mass is 10.1. The Kier molecular flexibility index (Phi) is 3.96. The number of hydrogen-bond acceptors (Lipinski definition) is 4. The van der Waals surface area contributed by atoms with Crippen molar-refractivity contribution in [3.8, 4) is 0 Å². The maximum atomic E-state index is 10.0. The molecule has 0 saturated heterocycles. The van der Waals surface area contributed by atoms with Crippen LogP contribution in [-0.4, -0.2) is 41.5 Å². The third-order valence-corrected chi connectivity index (χ3v) is 3.02. The van der Waals surface area contributed by atoms with Crippen LogP contribution in [0.4, 0.5) is 0 Å². The first-order chi connectivity index (χ1) is 8.67. The lowest BCUT2D eigenvalue weighted by Gasteiger charge is -2.19. The minimum absolute atomic E-state index is 0.397. The van der Waals surface area contributed by atoms with Gasteiger partial charge in [0.1, 0.15) is 6.10 Å². The van der Waals surface area contributed by atoms with Gasteiger partial charge in [0.05, 0.1) is 11.2 Å². The Bertz CT molecular complexity index is 520. The number of ether oxygens (including phenoxy) is 2. The normalized spacial score (nSPS) is 13.4. The molecule has 0 fully saturated rings. The van der Waals surface area contributed by atoms with Gasteiger partial charge in [0.2, 0.25) is 0 Å². The van der Waals surface area contributed by atoms with E-state index in [9.17, 15) is 5.11 Å². The van der Waals surface area contributed by atoms with Crippen LogP contribution < -0.4 is 0 Å². The molecule has 1 aromatic carbocycles. The van der Waals surface area contributed by atoms with Crippen LogP contribution in [-0.2, 0) is 22.9 Å². The number of fused-ring (bicyclic) bond motifs is 1. The average molecular weight is 250 g/mol. The van der Waals surface area contributed by atoms with Crippen LogP contribution >= 0.6 is 0 Å². The van der Waals surface area contributed by atoms with Gasteiger partial charge in [0, 0.05) is 33.1 Å². The zero-order chi connectivity index (χ0) is 13.1. The summed E-state index contributed by atoms with van der Waals surface area (Å²) in [5, 5.41) is 15.5. The highest BCUT2D eigenvalue weighted by atomic mass is 16.7. The molecule has 2 rings (SSSR count). The monoisotopic (exact) mass is 250 g/mol. The number of para-hydroxylation sites is 1. The fraction of sp³-hybridized carbons (Fsp3) is 0.462. The largest absolute Gasteiger partial charge is 0.387 e. The number of aliphatic hydroxyl groups is 1. The molecule has 0 saturated carbocycles. The standard InChI is InChI=1S/C13H18N2O3/c1-15-11-7-5-4-6-9(11)10(14-15)8-12(16)13(17-2)18-3/h4-7,12-13,16H,8H2,1-3H3. The van der Waals surface area contributed by atoms with E-state index in [1.807, 2.05) is 36.0 Å². The van der Waals surface area contributed by atoms with Crippen molar-refractivity contribution < 1.29 is 14.6 Å². The van der Waals surface area contributed by atoms with Crippen LogP contribution in [0.3, 0.4) is 0 Å². The molecule has 0 spiro atoms. The van der Waals surface area contributed by atoms with Gasteiger partial charge in [0.15, 0.2) is 6.29 Å². The Morgan fingerprint density at radius 3 is 2.61 bits per heavy atom. The molecule has 0 radical (unpaired) electrons. The van der Waals surface area contributed by atoms with Gasteiger partial charge in [-0.2, -0.15) is 5.10 Å². The second kappa shape index (κ2) is 5.48. The van der Waals surface area contributed by atoms with Crippen molar-refractivity contribution in [1.29, 1.82) is 0 Å². The van der Waals surface area contributed by atoms with Crippen LogP contribution in [0.25, 0.3) is 10.9 Å². The summed E-state index contributed by atoms with van der Waals surface area (Å²) in [6.07, 6.45) is -0.975. The van der Waals surface area contributed by atoms with E-state index < -0.39 is 12.4 Å². The highest BCUT2D eigenvalue weighted by Crippen LogP contribution is 2.19. The van der Waals surface area contributed by atoms with Gasteiger partial charge in [-0.3, -0.25) is 4.68 Å². The molecule has 5 nitrogen and oxygen atoms in total. The molecule has 0 aliphatic carbocycles. The second-order valence-electron chi connectivity index (χ2n) is 4.20. The Balaban J connectivity index is 2.27. The minimum Gasteiger partial charge on any atom is -0.387 e. The number of nitrogens with zero attached hydrogens (tertiary/aromatic N) is 2. The number of benzene rings is 1. The summed E-state index contributed by atoms with van der Waals surface area (Å²) in [6.45, 7) is 0. The maximum Gasteiger partial charge on any atom is 0.183 e. The first-order valence-electron chi connectivity index (χ1n) is 5.81. The number of aryl methyl sites for hydroxylation is 1. The third-order valence-electron chi connectivity index (χ3n) is 3.02. The van der Waals surface area contributed by atoms with E-state index >= 15 is 0 Å². The van der Waals surface area contributed by atoms with E-state index in [4.69, 9.17) is 9.47 Å². The van der Waals surface area contributed by atoms with Crippen molar-refractivity contribution in [1.82, 2.24) is 9.78 Å². The van der Waals surface area contributed by atoms with Gasteiger partial charge in [-0.1, -0.05) is 18.2 Å². The lowest BCUT2D eigenvalue weighted by Crippen LogP contribution is -2.31. The quantitative estimate of drug-likeness (QED) is 0.807. The SMILES string of the molecule is COC(OC)C(O)Cc1nn(C)c2ccccc12.